The summed E-state index contributed by atoms with van der Waals surface area (Å²) in [5, 5.41) is 21.1. The van der Waals surface area contributed by atoms with Gasteiger partial charge in [-0.2, -0.15) is 0 Å². The van der Waals surface area contributed by atoms with E-state index in [0.717, 1.165) is 12.0 Å². The maximum absolute atomic E-state index is 9.50. The first kappa shape index (κ1) is 12.4. The summed E-state index contributed by atoms with van der Waals surface area (Å²) in [5.41, 5.74) is 1.73. The Bertz CT molecular complexity index is 375. The minimum Gasteiger partial charge on any atom is -0.504 e. The molecule has 0 spiro atoms. The van der Waals surface area contributed by atoms with Gasteiger partial charge in [0.15, 0.2) is 11.5 Å². The van der Waals surface area contributed by atoms with Crippen LogP contribution in [0.3, 0.4) is 0 Å². The molecular weight excluding hydrogens is 206 g/mol. The third-order valence-electron chi connectivity index (χ3n) is 2.27. The number of aromatic hydroxyl groups is 1. The molecule has 1 aromatic carbocycles. The van der Waals surface area contributed by atoms with E-state index >= 15 is 0 Å². The van der Waals surface area contributed by atoms with E-state index in [1.807, 2.05) is 19.1 Å². The van der Waals surface area contributed by atoms with Crippen LogP contribution in [0.25, 0.3) is 0 Å². The average molecular weight is 223 g/mol. The third-order valence-corrected chi connectivity index (χ3v) is 2.27. The van der Waals surface area contributed by atoms with Gasteiger partial charge in [0.25, 0.3) is 0 Å². The van der Waals surface area contributed by atoms with E-state index in [-0.39, 0.29) is 5.75 Å². The molecule has 0 radical (unpaired) electrons. The molecule has 0 saturated carbocycles. The van der Waals surface area contributed by atoms with Crippen molar-refractivity contribution in [1.29, 1.82) is 0 Å². The molecule has 0 aliphatic heterocycles. The molecule has 0 atom stereocenters. The Balaban J connectivity index is 2.70. The summed E-state index contributed by atoms with van der Waals surface area (Å²) >= 11 is 0. The first-order valence-corrected chi connectivity index (χ1v) is 5.29. The number of oxime groups is 1. The first-order valence-electron chi connectivity index (χ1n) is 5.29. The summed E-state index contributed by atoms with van der Waals surface area (Å²) in [5.74, 6) is 0.650. The van der Waals surface area contributed by atoms with Gasteiger partial charge in [0, 0.05) is 0 Å². The van der Waals surface area contributed by atoms with E-state index in [0.29, 0.717) is 24.5 Å². The lowest BCUT2D eigenvalue weighted by Crippen LogP contribution is -1.97. The lowest BCUT2D eigenvalue weighted by atomic mass is 10.1. The van der Waals surface area contributed by atoms with Crippen molar-refractivity contribution in [2.75, 3.05) is 6.61 Å². The molecular formula is C12H17NO3. The first-order chi connectivity index (χ1) is 7.67. The standard InChI is InChI=1S/C12H17NO3/c1-3-16-12-8-10(6-7-11(12)14)5-4-9(2)13-15/h6-8,14-15H,3-5H2,1-2H3/b13-9+. The Morgan fingerprint density at radius 1 is 1.44 bits per heavy atom. The van der Waals surface area contributed by atoms with Gasteiger partial charge in [-0.25, -0.2) is 0 Å². The van der Waals surface area contributed by atoms with Gasteiger partial charge >= 0.3 is 0 Å². The van der Waals surface area contributed by atoms with E-state index in [9.17, 15) is 5.11 Å². The molecule has 0 bridgehead atoms. The highest BCUT2D eigenvalue weighted by molar-refractivity contribution is 5.81. The summed E-state index contributed by atoms with van der Waals surface area (Å²) in [6.45, 7) is 4.16. The van der Waals surface area contributed by atoms with Gasteiger partial charge in [-0.3, -0.25) is 0 Å². The van der Waals surface area contributed by atoms with Crippen LogP contribution >= 0.6 is 0 Å². The van der Waals surface area contributed by atoms with Crippen LogP contribution in [0.15, 0.2) is 23.4 Å². The largest absolute Gasteiger partial charge is 0.504 e. The number of benzene rings is 1. The van der Waals surface area contributed by atoms with Crippen molar-refractivity contribution in [3.8, 4) is 11.5 Å². The smallest absolute Gasteiger partial charge is 0.161 e. The Morgan fingerprint density at radius 2 is 2.19 bits per heavy atom. The number of aryl methyl sites for hydroxylation is 1. The molecule has 4 heteroatoms. The second kappa shape index (κ2) is 6.00. The predicted molar refractivity (Wildman–Crippen MR) is 62.5 cm³/mol. The van der Waals surface area contributed by atoms with Gasteiger partial charge in [-0.15, -0.1) is 0 Å². The minimum atomic E-state index is 0.151. The molecule has 0 heterocycles. The van der Waals surface area contributed by atoms with Crippen molar-refractivity contribution in [3.05, 3.63) is 23.8 Å². The Hall–Kier alpha value is -1.71. The zero-order chi connectivity index (χ0) is 12.0. The topological polar surface area (TPSA) is 62.0 Å². The van der Waals surface area contributed by atoms with Crippen LogP contribution in [-0.2, 0) is 6.42 Å². The second-order valence-corrected chi connectivity index (χ2v) is 3.57. The van der Waals surface area contributed by atoms with Gasteiger partial charge in [-0.1, -0.05) is 11.2 Å². The molecule has 0 fully saturated rings. The fourth-order valence-electron chi connectivity index (χ4n) is 1.36. The number of nitrogens with zero attached hydrogens (tertiary/aromatic N) is 1. The highest BCUT2D eigenvalue weighted by atomic mass is 16.5. The van der Waals surface area contributed by atoms with Crippen LogP contribution in [0.1, 0.15) is 25.8 Å². The van der Waals surface area contributed by atoms with Crippen LogP contribution in [-0.4, -0.2) is 22.6 Å². The van der Waals surface area contributed by atoms with Crippen LogP contribution in [0.4, 0.5) is 0 Å². The molecule has 0 saturated heterocycles. The molecule has 0 amide bonds. The van der Waals surface area contributed by atoms with E-state index in [4.69, 9.17) is 9.94 Å². The van der Waals surface area contributed by atoms with Crippen LogP contribution in [0.5, 0.6) is 11.5 Å². The molecule has 0 aromatic heterocycles. The maximum atomic E-state index is 9.50. The third kappa shape index (κ3) is 3.46. The molecule has 88 valence electrons. The minimum absolute atomic E-state index is 0.151. The van der Waals surface area contributed by atoms with Crippen LogP contribution < -0.4 is 4.74 Å². The fraction of sp³-hybridized carbons (Fsp3) is 0.417. The van der Waals surface area contributed by atoms with E-state index < -0.39 is 0 Å². The average Bonchev–Trinajstić information content (AvgIpc) is 2.30. The van der Waals surface area contributed by atoms with Crippen LogP contribution in [0, 0.1) is 0 Å². The van der Waals surface area contributed by atoms with Crippen molar-refractivity contribution in [2.45, 2.75) is 26.7 Å². The van der Waals surface area contributed by atoms with Crippen molar-refractivity contribution in [3.63, 3.8) is 0 Å². The van der Waals surface area contributed by atoms with Gasteiger partial charge in [0.1, 0.15) is 0 Å². The monoisotopic (exact) mass is 223 g/mol. The number of rotatable bonds is 5. The quantitative estimate of drug-likeness (QED) is 0.458. The Morgan fingerprint density at radius 3 is 2.81 bits per heavy atom. The number of ether oxygens (including phenoxy) is 1. The van der Waals surface area contributed by atoms with Crippen molar-refractivity contribution in [1.82, 2.24) is 0 Å². The number of phenolic OH excluding ortho intramolecular Hbond substituents is 1. The Labute approximate surface area is 95.2 Å². The fourth-order valence-corrected chi connectivity index (χ4v) is 1.36. The van der Waals surface area contributed by atoms with Crippen molar-refractivity contribution >= 4 is 5.71 Å². The van der Waals surface area contributed by atoms with Gasteiger partial charge < -0.3 is 15.1 Å². The van der Waals surface area contributed by atoms with E-state index in [1.54, 1.807) is 13.0 Å². The molecule has 0 aliphatic carbocycles. The van der Waals surface area contributed by atoms with Crippen molar-refractivity contribution < 1.29 is 15.1 Å². The molecule has 16 heavy (non-hydrogen) atoms. The lowest BCUT2D eigenvalue weighted by Gasteiger charge is -2.08. The summed E-state index contributed by atoms with van der Waals surface area (Å²) < 4.78 is 5.28. The number of phenols is 1. The summed E-state index contributed by atoms with van der Waals surface area (Å²) in [4.78, 5) is 0. The molecule has 2 N–H and O–H groups in total. The number of hydrogen-bond acceptors (Lipinski definition) is 4. The molecule has 1 aromatic rings. The highest BCUT2D eigenvalue weighted by Gasteiger charge is 2.04. The van der Waals surface area contributed by atoms with E-state index in [2.05, 4.69) is 5.16 Å². The molecule has 4 nitrogen and oxygen atoms in total. The Kier molecular flexibility index (Phi) is 4.64. The van der Waals surface area contributed by atoms with Crippen molar-refractivity contribution in [2.24, 2.45) is 5.16 Å². The van der Waals surface area contributed by atoms with Gasteiger partial charge in [0.05, 0.1) is 12.3 Å². The van der Waals surface area contributed by atoms with E-state index in [1.165, 1.54) is 0 Å². The molecule has 0 aliphatic rings. The zero-order valence-corrected chi connectivity index (χ0v) is 9.60. The second-order valence-electron chi connectivity index (χ2n) is 3.57. The molecule has 1 rings (SSSR count). The zero-order valence-electron chi connectivity index (χ0n) is 9.60. The lowest BCUT2D eigenvalue weighted by molar-refractivity contribution is 0.317. The predicted octanol–water partition coefficient (Wildman–Crippen LogP) is 2.57. The molecule has 0 unspecified atom stereocenters. The summed E-state index contributed by atoms with van der Waals surface area (Å²) in [7, 11) is 0. The summed E-state index contributed by atoms with van der Waals surface area (Å²) in [6, 6.07) is 5.26. The normalized spacial score (nSPS) is 11.5. The summed E-state index contributed by atoms with van der Waals surface area (Å²) in [6.07, 6.45) is 1.45. The highest BCUT2D eigenvalue weighted by Crippen LogP contribution is 2.27. The number of hydrogen-bond donors (Lipinski definition) is 2. The maximum Gasteiger partial charge on any atom is 0.161 e. The van der Waals surface area contributed by atoms with Gasteiger partial charge in [0.2, 0.25) is 0 Å². The SMILES string of the molecule is CCOc1cc(CC/C(C)=N/O)ccc1O. The van der Waals surface area contributed by atoms with Gasteiger partial charge in [-0.05, 0) is 44.4 Å². The van der Waals surface area contributed by atoms with Crippen LogP contribution in [0.2, 0.25) is 0 Å².